The molecule has 0 bridgehead atoms. The molecule has 0 aromatic carbocycles. The zero-order chi connectivity index (χ0) is 11.6. The van der Waals surface area contributed by atoms with Gasteiger partial charge in [0, 0.05) is 0 Å². The van der Waals surface area contributed by atoms with Crippen molar-refractivity contribution in [3.05, 3.63) is 0 Å². The number of piperidine rings is 1. The number of hydrogen-bond acceptors (Lipinski definition) is 2. The highest BCUT2D eigenvalue weighted by molar-refractivity contribution is 5.73. The van der Waals surface area contributed by atoms with E-state index in [0.717, 1.165) is 19.5 Å². The van der Waals surface area contributed by atoms with E-state index in [-0.39, 0.29) is 6.04 Å². The Bertz CT molecular complexity index is 249. The number of nitrogens with zero attached hydrogens (tertiary/aromatic N) is 1. The summed E-state index contributed by atoms with van der Waals surface area (Å²) in [5, 5.41) is 9.14. The average molecular weight is 225 g/mol. The van der Waals surface area contributed by atoms with Crippen molar-refractivity contribution in [3.63, 3.8) is 0 Å². The molecule has 1 heterocycles. The molecule has 16 heavy (non-hydrogen) atoms. The second-order valence-corrected chi connectivity index (χ2v) is 5.51. The van der Waals surface area contributed by atoms with Crippen LogP contribution in [-0.2, 0) is 4.79 Å². The molecule has 0 radical (unpaired) electrons. The van der Waals surface area contributed by atoms with Gasteiger partial charge in [0.05, 0.1) is 0 Å². The van der Waals surface area contributed by atoms with Crippen molar-refractivity contribution < 1.29 is 9.90 Å². The Kier molecular flexibility index (Phi) is 3.53. The SMILES string of the molecule is CCC(C(=O)O)N1CCC2(CCCC2)CC1. The number of likely N-dealkylation sites (tertiary alicyclic amines) is 1. The van der Waals surface area contributed by atoms with Crippen LogP contribution in [0.15, 0.2) is 0 Å². The van der Waals surface area contributed by atoms with Crippen molar-refractivity contribution in [2.75, 3.05) is 13.1 Å². The number of carbonyl (C=O) groups is 1. The summed E-state index contributed by atoms with van der Waals surface area (Å²) in [5.41, 5.74) is 0.591. The summed E-state index contributed by atoms with van der Waals surface area (Å²) in [5.74, 6) is -0.648. The molecule has 1 spiro atoms. The molecular weight excluding hydrogens is 202 g/mol. The molecule has 0 aromatic heterocycles. The highest BCUT2D eigenvalue weighted by Crippen LogP contribution is 2.46. The van der Waals surface area contributed by atoms with E-state index in [0.29, 0.717) is 5.41 Å². The van der Waals surface area contributed by atoms with E-state index in [1.54, 1.807) is 0 Å². The van der Waals surface area contributed by atoms with Crippen molar-refractivity contribution >= 4 is 5.97 Å². The maximum absolute atomic E-state index is 11.1. The molecule has 3 nitrogen and oxygen atoms in total. The van der Waals surface area contributed by atoms with Gasteiger partial charge in [0.25, 0.3) is 0 Å². The van der Waals surface area contributed by atoms with Gasteiger partial charge in [0.1, 0.15) is 6.04 Å². The van der Waals surface area contributed by atoms with E-state index in [1.165, 1.54) is 38.5 Å². The van der Waals surface area contributed by atoms with Crippen LogP contribution in [0.3, 0.4) is 0 Å². The lowest BCUT2D eigenvalue weighted by Gasteiger charge is -2.41. The van der Waals surface area contributed by atoms with Gasteiger partial charge in [-0.15, -0.1) is 0 Å². The van der Waals surface area contributed by atoms with Gasteiger partial charge >= 0.3 is 5.97 Å². The minimum Gasteiger partial charge on any atom is -0.480 e. The summed E-state index contributed by atoms with van der Waals surface area (Å²) in [6.07, 6.45) is 8.69. The first kappa shape index (κ1) is 11.9. The molecule has 2 rings (SSSR count). The fourth-order valence-corrected chi connectivity index (χ4v) is 3.52. The first-order valence-electron chi connectivity index (χ1n) is 6.64. The number of hydrogen-bond donors (Lipinski definition) is 1. The molecule has 3 heteroatoms. The van der Waals surface area contributed by atoms with Crippen molar-refractivity contribution in [2.45, 2.75) is 57.9 Å². The third-order valence-electron chi connectivity index (χ3n) is 4.64. The molecule has 1 unspecified atom stereocenters. The van der Waals surface area contributed by atoms with Gasteiger partial charge < -0.3 is 5.11 Å². The fraction of sp³-hybridized carbons (Fsp3) is 0.923. The van der Waals surface area contributed by atoms with Gasteiger partial charge in [-0.2, -0.15) is 0 Å². The minimum atomic E-state index is -0.648. The summed E-state index contributed by atoms with van der Waals surface area (Å²) >= 11 is 0. The zero-order valence-electron chi connectivity index (χ0n) is 10.2. The van der Waals surface area contributed by atoms with E-state index in [4.69, 9.17) is 5.11 Å². The third kappa shape index (κ3) is 2.24. The Hall–Kier alpha value is -0.570. The normalized spacial score (nSPS) is 27.1. The standard InChI is InChI=1S/C13H23NO2/c1-2-11(12(15)16)14-9-7-13(8-10-14)5-3-4-6-13/h11H,2-10H2,1H3,(H,15,16). The van der Waals surface area contributed by atoms with Crippen LogP contribution in [0.5, 0.6) is 0 Å². The van der Waals surface area contributed by atoms with Crippen LogP contribution < -0.4 is 0 Å². The van der Waals surface area contributed by atoms with Crippen molar-refractivity contribution in [1.29, 1.82) is 0 Å². The summed E-state index contributed by atoms with van der Waals surface area (Å²) in [6.45, 7) is 3.95. The number of aliphatic carboxylic acids is 1. The Balaban J connectivity index is 1.91. The van der Waals surface area contributed by atoms with Gasteiger partial charge in [0.2, 0.25) is 0 Å². The largest absolute Gasteiger partial charge is 0.480 e. The van der Waals surface area contributed by atoms with Gasteiger partial charge in [0.15, 0.2) is 0 Å². The summed E-state index contributed by atoms with van der Waals surface area (Å²) < 4.78 is 0. The molecule has 0 aromatic rings. The quantitative estimate of drug-likeness (QED) is 0.802. The minimum absolute atomic E-state index is 0.251. The molecule has 1 saturated heterocycles. The molecule has 1 saturated carbocycles. The monoisotopic (exact) mass is 225 g/mol. The zero-order valence-corrected chi connectivity index (χ0v) is 10.2. The van der Waals surface area contributed by atoms with Gasteiger partial charge in [-0.1, -0.05) is 19.8 Å². The molecular formula is C13H23NO2. The Morgan fingerprint density at radius 1 is 1.25 bits per heavy atom. The van der Waals surface area contributed by atoms with Crippen LogP contribution in [0.1, 0.15) is 51.9 Å². The van der Waals surface area contributed by atoms with Crippen LogP contribution in [0.25, 0.3) is 0 Å². The third-order valence-corrected chi connectivity index (χ3v) is 4.64. The van der Waals surface area contributed by atoms with Crippen LogP contribution in [0.4, 0.5) is 0 Å². The van der Waals surface area contributed by atoms with Crippen LogP contribution in [0, 0.1) is 5.41 Å². The van der Waals surface area contributed by atoms with Crippen LogP contribution in [0.2, 0.25) is 0 Å². The van der Waals surface area contributed by atoms with Crippen molar-refractivity contribution in [3.8, 4) is 0 Å². The van der Waals surface area contributed by atoms with Crippen LogP contribution in [-0.4, -0.2) is 35.1 Å². The molecule has 1 aliphatic heterocycles. The molecule has 1 N–H and O–H groups in total. The summed E-state index contributed by atoms with van der Waals surface area (Å²) in [6, 6.07) is -0.251. The Morgan fingerprint density at radius 2 is 1.81 bits per heavy atom. The fourth-order valence-electron chi connectivity index (χ4n) is 3.52. The van der Waals surface area contributed by atoms with Gasteiger partial charge in [-0.3, -0.25) is 9.69 Å². The number of carboxylic acid groups (broad SMARTS) is 1. The number of carboxylic acids is 1. The smallest absolute Gasteiger partial charge is 0.320 e. The van der Waals surface area contributed by atoms with Gasteiger partial charge in [-0.25, -0.2) is 0 Å². The van der Waals surface area contributed by atoms with E-state index >= 15 is 0 Å². The highest BCUT2D eigenvalue weighted by Gasteiger charge is 2.39. The first-order chi connectivity index (χ1) is 7.67. The Labute approximate surface area is 97.8 Å². The lowest BCUT2D eigenvalue weighted by Crippen LogP contribution is -2.47. The summed E-state index contributed by atoms with van der Waals surface area (Å²) in [7, 11) is 0. The molecule has 2 aliphatic rings. The molecule has 92 valence electrons. The second-order valence-electron chi connectivity index (χ2n) is 5.51. The van der Waals surface area contributed by atoms with Crippen molar-refractivity contribution in [2.24, 2.45) is 5.41 Å². The summed E-state index contributed by atoms with van der Waals surface area (Å²) in [4.78, 5) is 13.3. The van der Waals surface area contributed by atoms with Gasteiger partial charge in [-0.05, 0) is 50.6 Å². The second kappa shape index (κ2) is 4.74. The van der Waals surface area contributed by atoms with Crippen molar-refractivity contribution in [1.82, 2.24) is 4.90 Å². The molecule has 1 atom stereocenters. The topological polar surface area (TPSA) is 40.5 Å². The predicted molar refractivity (Wildman–Crippen MR) is 63.4 cm³/mol. The lowest BCUT2D eigenvalue weighted by atomic mass is 9.77. The Morgan fingerprint density at radius 3 is 2.25 bits per heavy atom. The predicted octanol–water partition coefficient (Wildman–Crippen LogP) is 2.51. The molecule has 0 amide bonds. The molecule has 1 aliphatic carbocycles. The van der Waals surface area contributed by atoms with E-state index in [9.17, 15) is 4.79 Å². The highest BCUT2D eigenvalue weighted by atomic mass is 16.4. The maximum Gasteiger partial charge on any atom is 0.320 e. The maximum atomic E-state index is 11.1. The lowest BCUT2D eigenvalue weighted by molar-refractivity contribution is -0.144. The van der Waals surface area contributed by atoms with E-state index in [2.05, 4.69) is 4.90 Å². The van der Waals surface area contributed by atoms with E-state index in [1.807, 2.05) is 6.92 Å². The molecule has 2 fully saturated rings. The first-order valence-corrected chi connectivity index (χ1v) is 6.64. The van der Waals surface area contributed by atoms with E-state index < -0.39 is 5.97 Å². The number of rotatable bonds is 3. The average Bonchev–Trinajstić information content (AvgIpc) is 2.70. The van der Waals surface area contributed by atoms with Crippen LogP contribution >= 0.6 is 0 Å².